The van der Waals surface area contributed by atoms with E-state index in [1.165, 1.54) is 37.2 Å². The number of amides is 1. The van der Waals surface area contributed by atoms with Crippen molar-refractivity contribution >= 4 is 21.6 Å². The number of nitrogens with two attached hydrogens (primary N) is 1. The third-order valence-corrected chi connectivity index (χ3v) is 5.90. The largest absolute Gasteiger partial charge is 0.508 e. The number of anilines is 1. The van der Waals surface area contributed by atoms with Crippen molar-refractivity contribution in [2.75, 3.05) is 38.7 Å². The fourth-order valence-corrected chi connectivity index (χ4v) is 3.67. The van der Waals surface area contributed by atoms with E-state index in [4.69, 9.17) is 5.73 Å². The Bertz CT molecular complexity index is 704. The van der Waals surface area contributed by atoms with Crippen LogP contribution in [0.2, 0.25) is 0 Å². The van der Waals surface area contributed by atoms with E-state index >= 15 is 0 Å². The molecule has 1 aromatic rings. The standard InChI is InChI=1S/C14H21N3O5S/c1-16(2)23(21,22)8-9-6-17(7-13(9)19)14(20)11-5-10(18)3-4-12(11)15/h3-5,9,13,18-19H,6-8,15H2,1-2H3/t9-,13-/m0/s1. The molecule has 0 spiro atoms. The van der Waals surface area contributed by atoms with E-state index in [9.17, 15) is 23.4 Å². The van der Waals surface area contributed by atoms with Crippen LogP contribution in [0.4, 0.5) is 5.69 Å². The Morgan fingerprint density at radius 3 is 2.65 bits per heavy atom. The van der Waals surface area contributed by atoms with Crippen molar-refractivity contribution < 1.29 is 23.4 Å². The van der Waals surface area contributed by atoms with Crippen LogP contribution >= 0.6 is 0 Å². The van der Waals surface area contributed by atoms with E-state index in [0.717, 1.165) is 4.31 Å². The zero-order valence-electron chi connectivity index (χ0n) is 13.0. The van der Waals surface area contributed by atoms with E-state index in [0.29, 0.717) is 0 Å². The Balaban J connectivity index is 2.15. The van der Waals surface area contributed by atoms with Crippen molar-refractivity contribution in [3.05, 3.63) is 23.8 Å². The molecule has 4 N–H and O–H groups in total. The van der Waals surface area contributed by atoms with Crippen molar-refractivity contribution in [3.63, 3.8) is 0 Å². The summed E-state index contributed by atoms with van der Waals surface area (Å²) in [6.07, 6.45) is -0.924. The van der Waals surface area contributed by atoms with Crippen molar-refractivity contribution in [2.45, 2.75) is 6.10 Å². The second kappa shape index (κ2) is 6.34. The number of hydrogen-bond acceptors (Lipinski definition) is 6. The monoisotopic (exact) mass is 343 g/mol. The maximum Gasteiger partial charge on any atom is 0.256 e. The number of sulfonamides is 1. The summed E-state index contributed by atoms with van der Waals surface area (Å²) in [6.45, 7) is 0.143. The van der Waals surface area contributed by atoms with Gasteiger partial charge in [-0.3, -0.25) is 4.79 Å². The molecule has 8 nitrogen and oxygen atoms in total. The molecule has 9 heteroatoms. The number of hydrogen-bond donors (Lipinski definition) is 3. The Morgan fingerprint density at radius 1 is 1.39 bits per heavy atom. The van der Waals surface area contributed by atoms with Crippen LogP contribution in [0, 0.1) is 5.92 Å². The lowest BCUT2D eigenvalue weighted by Gasteiger charge is -2.18. The summed E-state index contributed by atoms with van der Waals surface area (Å²) in [5, 5.41) is 19.6. The van der Waals surface area contributed by atoms with Crippen LogP contribution < -0.4 is 5.73 Å². The molecular weight excluding hydrogens is 322 g/mol. The van der Waals surface area contributed by atoms with Crippen LogP contribution in [0.5, 0.6) is 5.75 Å². The minimum Gasteiger partial charge on any atom is -0.508 e. The SMILES string of the molecule is CN(C)S(=O)(=O)C[C@@H]1CN(C(=O)c2cc(O)ccc2N)C[C@@H]1O. The number of rotatable bonds is 4. The van der Waals surface area contributed by atoms with Crippen molar-refractivity contribution in [1.82, 2.24) is 9.21 Å². The first-order chi connectivity index (χ1) is 10.6. The first kappa shape index (κ1) is 17.5. The third-order valence-electron chi connectivity index (χ3n) is 3.94. The Labute approximate surface area is 135 Å². The maximum atomic E-state index is 12.5. The number of benzene rings is 1. The van der Waals surface area contributed by atoms with Gasteiger partial charge in [0.2, 0.25) is 10.0 Å². The molecule has 1 aliphatic heterocycles. The number of aromatic hydroxyl groups is 1. The fourth-order valence-electron chi connectivity index (χ4n) is 2.50. The Kier molecular flexibility index (Phi) is 4.83. The molecule has 1 aromatic carbocycles. The second-order valence-corrected chi connectivity index (χ2v) is 8.10. The first-order valence-electron chi connectivity index (χ1n) is 7.08. The van der Waals surface area contributed by atoms with Crippen LogP contribution in [-0.2, 0) is 10.0 Å². The molecule has 1 fully saturated rings. The van der Waals surface area contributed by atoms with E-state index in [-0.39, 0.29) is 35.8 Å². The van der Waals surface area contributed by atoms with Gasteiger partial charge < -0.3 is 20.8 Å². The van der Waals surface area contributed by atoms with Crippen LogP contribution in [0.3, 0.4) is 0 Å². The third kappa shape index (κ3) is 3.74. The average molecular weight is 343 g/mol. The van der Waals surface area contributed by atoms with Crippen LogP contribution in [-0.4, -0.2) is 72.8 Å². The summed E-state index contributed by atoms with van der Waals surface area (Å²) in [7, 11) is -0.625. The summed E-state index contributed by atoms with van der Waals surface area (Å²) in [6, 6.07) is 4.05. The summed E-state index contributed by atoms with van der Waals surface area (Å²) in [5.41, 5.74) is 6.09. The predicted octanol–water partition coefficient (Wildman–Crippen LogP) is -0.701. The number of carbonyl (C=O) groups is 1. The zero-order valence-corrected chi connectivity index (χ0v) is 13.8. The highest BCUT2D eigenvalue weighted by Crippen LogP contribution is 2.25. The van der Waals surface area contributed by atoms with E-state index < -0.39 is 28.0 Å². The van der Waals surface area contributed by atoms with Crippen LogP contribution in [0.25, 0.3) is 0 Å². The van der Waals surface area contributed by atoms with E-state index in [1.807, 2.05) is 0 Å². The summed E-state index contributed by atoms with van der Waals surface area (Å²) < 4.78 is 25.0. The summed E-state index contributed by atoms with van der Waals surface area (Å²) in [4.78, 5) is 13.8. The number of likely N-dealkylation sites (tertiary alicyclic amines) is 1. The molecule has 0 saturated carbocycles. The number of aliphatic hydroxyl groups is 1. The smallest absolute Gasteiger partial charge is 0.256 e. The molecule has 0 bridgehead atoms. The first-order valence-corrected chi connectivity index (χ1v) is 8.68. The van der Waals surface area contributed by atoms with Gasteiger partial charge in [0.05, 0.1) is 17.4 Å². The molecule has 1 saturated heterocycles. The Hall–Kier alpha value is -1.84. The lowest BCUT2D eigenvalue weighted by atomic mass is 10.1. The molecule has 1 aliphatic rings. The molecule has 128 valence electrons. The zero-order chi connectivity index (χ0) is 17.4. The van der Waals surface area contributed by atoms with Gasteiger partial charge in [0.25, 0.3) is 5.91 Å². The molecule has 0 unspecified atom stereocenters. The second-order valence-electron chi connectivity index (χ2n) is 5.87. The molecule has 2 rings (SSSR count). The number of nitrogens with zero attached hydrogens (tertiary/aromatic N) is 2. The topological polar surface area (TPSA) is 124 Å². The van der Waals surface area contributed by atoms with Gasteiger partial charge in [0.1, 0.15) is 5.75 Å². The molecule has 0 aromatic heterocycles. The van der Waals surface area contributed by atoms with Crippen LogP contribution in [0.1, 0.15) is 10.4 Å². The van der Waals surface area contributed by atoms with Gasteiger partial charge >= 0.3 is 0 Å². The predicted molar refractivity (Wildman–Crippen MR) is 85.4 cm³/mol. The van der Waals surface area contributed by atoms with Crippen LogP contribution in [0.15, 0.2) is 18.2 Å². The van der Waals surface area contributed by atoms with Gasteiger partial charge in [-0.25, -0.2) is 12.7 Å². The highest BCUT2D eigenvalue weighted by atomic mass is 32.2. The Morgan fingerprint density at radius 2 is 2.04 bits per heavy atom. The minimum absolute atomic E-state index is 0.0293. The normalized spacial score (nSPS) is 21.8. The number of phenols is 1. The lowest BCUT2D eigenvalue weighted by Crippen LogP contribution is -2.33. The van der Waals surface area contributed by atoms with Crippen molar-refractivity contribution in [2.24, 2.45) is 5.92 Å². The average Bonchev–Trinajstić information content (AvgIpc) is 2.81. The minimum atomic E-state index is -3.47. The number of phenolic OH excluding ortho intramolecular Hbond substituents is 1. The van der Waals surface area contributed by atoms with Gasteiger partial charge in [-0.2, -0.15) is 0 Å². The van der Waals surface area contributed by atoms with Gasteiger partial charge in [-0.05, 0) is 18.2 Å². The van der Waals surface area contributed by atoms with E-state index in [2.05, 4.69) is 0 Å². The number of nitrogen functional groups attached to an aromatic ring is 1. The number of carbonyl (C=O) groups excluding carboxylic acids is 1. The van der Waals surface area contributed by atoms with Crippen molar-refractivity contribution in [3.8, 4) is 5.75 Å². The fraction of sp³-hybridized carbons (Fsp3) is 0.500. The molecule has 23 heavy (non-hydrogen) atoms. The number of β-amino-alcohol motifs (C(OH)–C–C–N with tert-alkyl or cyclic N) is 1. The van der Waals surface area contributed by atoms with Crippen molar-refractivity contribution in [1.29, 1.82) is 0 Å². The molecule has 0 radical (unpaired) electrons. The van der Waals surface area contributed by atoms with Gasteiger partial charge in [0.15, 0.2) is 0 Å². The van der Waals surface area contributed by atoms with Gasteiger partial charge in [-0.15, -0.1) is 0 Å². The lowest BCUT2D eigenvalue weighted by molar-refractivity contribution is 0.0765. The summed E-state index contributed by atoms with van der Waals surface area (Å²) in [5.74, 6) is -1.33. The maximum absolute atomic E-state index is 12.5. The van der Waals surface area contributed by atoms with Gasteiger partial charge in [0, 0.05) is 38.8 Å². The number of aliphatic hydroxyl groups excluding tert-OH is 1. The van der Waals surface area contributed by atoms with E-state index in [1.54, 1.807) is 0 Å². The highest BCUT2D eigenvalue weighted by molar-refractivity contribution is 7.89. The molecule has 2 atom stereocenters. The summed E-state index contributed by atoms with van der Waals surface area (Å²) >= 11 is 0. The quantitative estimate of drug-likeness (QED) is 0.490. The molecule has 0 aliphatic carbocycles. The molecular formula is C14H21N3O5S. The highest BCUT2D eigenvalue weighted by Gasteiger charge is 2.38. The molecule has 1 amide bonds. The molecule has 1 heterocycles. The van der Waals surface area contributed by atoms with Gasteiger partial charge in [-0.1, -0.05) is 0 Å².